The number of benzene rings is 2. The van der Waals surface area contributed by atoms with Crippen molar-refractivity contribution in [1.29, 1.82) is 0 Å². The average Bonchev–Trinajstić information content (AvgIpc) is 2.99. The predicted molar refractivity (Wildman–Crippen MR) is 90.5 cm³/mol. The summed E-state index contributed by atoms with van der Waals surface area (Å²) in [6.07, 6.45) is 0.118. The van der Waals surface area contributed by atoms with Crippen LogP contribution in [0, 0.1) is 5.82 Å². The molecule has 24 heavy (non-hydrogen) atoms. The number of nitrogens with one attached hydrogen (secondary N) is 2. The molecule has 1 aliphatic heterocycles. The second kappa shape index (κ2) is 5.76. The largest absolute Gasteiger partial charge is 0.309 e. The summed E-state index contributed by atoms with van der Waals surface area (Å²) < 4.78 is 14.4. The molecule has 120 valence electrons. The van der Waals surface area contributed by atoms with Gasteiger partial charge >= 0.3 is 0 Å². The third-order valence-corrected chi connectivity index (χ3v) is 4.54. The first-order chi connectivity index (χ1) is 11.6. The van der Waals surface area contributed by atoms with E-state index in [1.807, 2.05) is 30.3 Å². The summed E-state index contributed by atoms with van der Waals surface area (Å²) in [6.45, 7) is 0. The van der Waals surface area contributed by atoms with E-state index in [0.29, 0.717) is 16.4 Å². The molecule has 2 aromatic carbocycles. The first-order valence-electron chi connectivity index (χ1n) is 7.52. The lowest BCUT2D eigenvalue weighted by Crippen LogP contribution is -2.24. The van der Waals surface area contributed by atoms with Crippen LogP contribution in [0.1, 0.15) is 23.5 Å². The molecule has 1 aromatic heterocycles. The average molecular weight is 342 g/mol. The number of amides is 1. The van der Waals surface area contributed by atoms with E-state index < -0.39 is 11.7 Å². The van der Waals surface area contributed by atoms with Crippen molar-refractivity contribution >= 4 is 23.3 Å². The number of hydrogen-bond donors (Lipinski definition) is 2. The van der Waals surface area contributed by atoms with Gasteiger partial charge < -0.3 is 5.32 Å². The number of anilines is 1. The van der Waals surface area contributed by atoms with Gasteiger partial charge in [0.05, 0.1) is 5.69 Å². The summed E-state index contributed by atoms with van der Waals surface area (Å²) in [5, 5.41) is 10.2. The van der Waals surface area contributed by atoms with Crippen molar-refractivity contribution in [3.8, 4) is 11.3 Å². The molecule has 6 heteroatoms. The van der Waals surface area contributed by atoms with Crippen LogP contribution < -0.4 is 5.32 Å². The van der Waals surface area contributed by atoms with Crippen LogP contribution in [0.5, 0.6) is 0 Å². The summed E-state index contributed by atoms with van der Waals surface area (Å²) in [4.78, 5) is 12.0. The number of hydrogen-bond acceptors (Lipinski definition) is 2. The van der Waals surface area contributed by atoms with Gasteiger partial charge in [0.1, 0.15) is 5.82 Å². The first kappa shape index (κ1) is 14.9. The summed E-state index contributed by atoms with van der Waals surface area (Å²) in [5.41, 5.74) is 2.76. The van der Waals surface area contributed by atoms with Crippen molar-refractivity contribution in [1.82, 2.24) is 10.2 Å². The summed E-state index contributed by atoms with van der Waals surface area (Å²) in [7, 11) is 0. The molecule has 4 nitrogen and oxygen atoms in total. The van der Waals surface area contributed by atoms with Crippen LogP contribution in [0.2, 0.25) is 5.02 Å². The monoisotopic (exact) mass is 341 g/mol. The fraction of sp³-hybridized carbons (Fsp3) is 0.111. The zero-order valence-electron chi connectivity index (χ0n) is 12.5. The van der Waals surface area contributed by atoms with Crippen molar-refractivity contribution in [3.05, 3.63) is 70.5 Å². The molecule has 0 saturated carbocycles. The van der Waals surface area contributed by atoms with E-state index in [9.17, 15) is 9.18 Å². The molecule has 0 aliphatic carbocycles. The quantitative estimate of drug-likeness (QED) is 0.728. The van der Waals surface area contributed by atoms with E-state index in [2.05, 4.69) is 15.5 Å². The molecule has 0 bridgehead atoms. The Morgan fingerprint density at radius 1 is 1.08 bits per heavy atom. The van der Waals surface area contributed by atoms with E-state index in [4.69, 9.17) is 11.6 Å². The molecule has 1 amide bonds. The molecule has 2 N–H and O–H groups in total. The van der Waals surface area contributed by atoms with Crippen molar-refractivity contribution in [2.75, 3.05) is 5.32 Å². The van der Waals surface area contributed by atoms with Crippen LogP contribution >= 0.6 is 11.6 Å². The Morgan fingerprint density at radius 2 is 1.88 bits per heavy atom. The van der Waals surface area contributed by atoms with Crippen molar-refractivity contribution in [2.45, 2.75) is 12.3 Å². The molecule has 3 aromatic rings. The van der Waals surface area contributed by atoms with Gasteiger partial charge in [0.2, 0.25) is 5.91 Å². The molecule has 1 atom stereocenters. The minimum absolute atomic E-state index is 0.118. The van der Waals surface area contributed by atoms with E-state index in [1.54, 1.807) is 12.1 Å². The first-order valence-corrected chi connectivity index (χ1v) is 7.90. The number of halogens is 2. The minimum Gasteiger partial charge on any atom is -0.309 e. The number of carbonyl (C=O) groups is 1. The minimum atomic E-state index is -0.489. The van der Waals surface area contributed by atoms with Crippen LogP contribution in [0.15, 0.2) is 48.5 Å². The van der Waals surface area contributed by atoms with Crippen LogP contribution in [0.25, 0.3) is 11.3 Å². The predicted octanol–water partition coefficient (Wildman–Crippen LogP) is 4.34. The fourth-order valence-corrected chi connectivity index (χ4v) is 3.47. The fourth-order valence-electron chi connectivity index (χ4n) is 3.17. The van der Waals surface area contributed by atoms with Crippen LogP contribution in [-0.2, 0) is 4.79 Å². The third kappa shape index (κ3) is 2.37. The summed E-state index contributed by atoms with van der Waals surface area (Å²) >= 11 is 6.24. The van der Waals surface area contributed by atoms with Crippen molar-refractivity contribution < 1.29 is 9.18 Å². The lowest BCUT2D eigenvalue weighted by molar-refractivity contribution is -0.116. The summed E-state index contributed by atoms with van der Waals surface area (Å²) in [6, 6.07) is 14.2. The van der Waals surface area contributed by atoms with Gasteiger partial charge in [-0.15, -0.1) is 0 Å². The molecule has 2 heterocycles. The molecule has 0 radical (unpaired) electrons. The maximum Gasteiger partial charge on any atom is 0.226 e. The van der Waals surface area contributed by atoms with Gasteiger partial charge in [0, 0.05) is 28.5 Å². The Bertz CT molecular complexity index is 903. The van der Waals surface area contributed by atoms with Gasteiger partial charge in [-0.25, -0.2) is 4.39 Å². The zero-order chi connectivity index (χ0) is 16.7. The number of aromatic nitrogens is 2. The normalized spacial score (nSPS) is 16.6. The van der Waals surface area contributed by atoms with E-state index in [1.165, 1.54) is 6.07 Å². The molecule has 1 aliphatic rings. The third-order valence-electron chi connectivity index (χ3n) is 4.21. The van der Waals surface area contributed by atoms with Gasteiger partial charge in [-0.05, 0) is 17.7 Å². The second-order valence-electron chi connectivity index (χ2n) is 5.67. The second-order valence-corrected chi connectivity index (χ2v) is 6.07. The van der Waals surface area contributed by atoms with Crippen LogP contribution in [0.3, 0.4) is 0 Å². The lowest BCUT2D eigenvalue weighted by Gasteiger charge is -2.24. The number of rotatable bonds is 2. The molecular weight excluding hydrogens is 329 g/mol. The molecule has 0 fully saturated rings. The topological polar surface area (TPSA) is 57.8 Å². The van der Waals surface area contributed by atoms with Crippen LogP contribution in [0.4, 0.5) is 10.2 Å². The highest BCUT2D eigenvalue weighted by Crippen LogP contribution is 2.44. The zero-order valence-corrected chi connectivity index (χ0v) is 13.3. The lowest BCUT2D eigenvalue weighted by atomic mass is 9.84. The molecule has 0 saturated heterocycles. The van der Waals surface area contributed by atoms with E-state index in [0.717, 1.165) is 16.8 Å². The van der Waals surface area contributed by atoms with Crippen LogP contribution in [-0.4, -0.2) is 16.1 Å². The molecule has 0 spiro atoms. The molecule has 4 rings (SSSR count). The highest BCUT2D eigenvalue weighted by molar-refractivity contribution is 6.31. The maximum atomic E-state index is 14.4. The number of fused-ring (bicyclic) bond motifs is 1. The Hall–Kier alpha value is -2.66. The van der Waals surface area contributed by atoms with E-state index >= 15 is 0 Å². The number of H-pyrrole nitrogens is 1. The number of carbonyl (C=O) groups excluding carboxylic acids is 1. The van der Waals surface area contributed by atoms with Gasteiger partial charge in [0.25, 0.3) is 0 Å². The number of nitrogens with zero attached hydrogens (tertiary/aromatic N) is 1. The van der Waals surface area contributed by atoms with Gasteiger partial charge in [0.15, 0.2) is 5.82 Å². The highest BCUT2D eigenvalue weighted by atomic mass is 35.5. The van der Waals surface area contributed by atoms with Gasteiger partial charge in [-0.1, -0.05) is 48.0 Å². The number of aromatic amines is 1. The highest BCUT2D eigenvalue weighted by Gasteiger charge is 2.34. The van der Waals surface area contributed by atoms with Gasteiger partial charge in [-0.3, -0.25) is 9.89 Å². The molecular formula is C18H13ClFN3O. The molecule has 0 unspecified atom stereocenters. The Labute approximate surface area is 142 Å². The van der Waals surface area contributed by atoms with Crippen molar-refractivity contribution in [3.63, 3.8) is 0 Å². The maximum absolute atomic E-state index is 14.4. The SMILES string of the molecule is O=C1C[C@@H](c2c(F)cccc2Cl)c2c(n[nH]c2-c2ccccc2)N1. The smallest absolute Gasteiger partial charge is 0.226 e. The van der Waals surface area contributed by atoms with E-state index in [-0.39, 0.29) is 12.3 Å². The standard InChI is InChI=1S/C18H13ClFN3O/c19-12-7-4-8-13(20)15(12)11-9-14(24)21-18-16(11)17(22-23-18)10-5-2-1-3-6-10/h1-8,11H,9H2,(H2,21,22,23,24)/t11-/m0/s1. The van der Waals surface area contributed by atoms with Gasteiger partial charge in [-0.2, -0.15) is 5.10 Å². The Kier molecular flexibility index (Phi) is 3.58. The van der Waals surface area contributed by atoms with Crippen molar-refractivity contribution in [2.24, 2.45) is 0 Å². The summed E-state index contributed by atoms with van der Waals surface area (Å²) in [5.74, 6) is -0.697. The Balaban J connectivity index is 1.93. The Morgan fingerprint density at radius 3 is 2.62 bits per heavy atom.